The van der Waals surface area contributed by atoms with Crippen molar-refractivity contribution in [2.24, 2.45) is 0 Å². The molecule has 1 heterocycles. The fourth-order valence-electron chi connectivity index (χ4n) is 4.19. The number of rotatable bonds is 13. The highest BCUT2D eigenvalue weighted by Gasteiger charge is 2.19. The van der Waals surface area contributed by atoms with Crippen LogP contribution in [-0.2, 0) is 11.3 Å². The van der Waals surface area contributed by atoms with Crippen LogP contribution in [0.3, 0.4) is 0 Å². The van der Waals surface area contributed by atoms with Crippen LogP contribution >= 0.6 is 0 Å². The summed E-state index contributed by atoms with van der Waals surface area (Å²) in [5, 5.41) is 0. The number of amides is 1. The Morgan fingerprint density at radius 2 is 1.90 bits per heavy atom. The summed E-state index contributed by atoms with van der Waals surface area (Å²) >= 11 is 0. The SMILES string of the molecule is CCCCCCC(=O)N(CCCN1CCCCC1C)Cc1ccc(OCC)cc1. The maximum Gasteiger partial charge on any atom is 0.222 e. The summed E-state index contributed by atoms with van der Waals surface area (Å²) in [5.74, 6) is 1.20. The van der Waals surface area contributed by atoms with Gasteiger partial charge in [0.25, 0.3) is 0 Å². The number of benzene rings is 1. The van der Waals surface area contributed by atoms with Gasteiger partial charge in [0.1, 0.15) is 5.75 Å². The monoisotopic (exact) mass is 402 g/mol. The lowest BCUT2D eigenvalue weighted by atomic mass is 10.0. The molecule has 0 aliphatic carbocycles. The van der Waals surface area contributed by atoms with E-state index >= 15 is 0 Å². The van der Waals surface area contributed by atoms with Crippen molar-refractivity contribution >= 4 is 5.91 Å². The highest BCUT2D eigenvalue weighted by molar-refractivity contribution is 5.76. The third-order valence-electron chi connectivity index (χ3n) is 6.02. The molecule has 4 nitrogen and oxygen atoms in total. The summed E-state index contributed by atoms with van der Waals surface area (Å²) in [6, 6.07) is 8.90. The molecule has 0 saturated carbocycles. The minimum Gasteiger partial charge on any atom is -0.494 e. The molecule has 1 aliphatic heterocycles. The van der Waals surface area contributed by atoms with Crippen LogP contribution in [0.2, 0.25) is 0 Å². The molecule has 164 valence electrons. The van der Waals surface area contributed by atoms with E-state index in [1.54, 1.807) is 0 Å². The predicted octanol–water partition coefficient (Wildman–Crippen LogP) is 5.65. The molecular weight excluding hydrogens is 360 g/mol. The molecule has 1 aromatic rings. The maximum atomic E-state index is 12.9. The molecule has 0 spiro atoms. The molecule has 0 aromatic heterocycles. The van der Waals surface area contributed by atoms with Crippen molar-refractivity contribution in [1.82, 2.24) is 9.80 Å². The molecule has 2 rings (SSSR count). The third-order valence-corrected chi connectivity index (χ3v) is 6.02. The summed E-state index contributed by atoms with van der Waals surface area (Å²) < 4.78 is 5.55. The van der Waals surface area contributed by atoms with E-state index in [1.807, 2.05) is 19.1 Å². The number of likely N-dealkylation sites (tertiary alicyclic amines) is 1. The van der Waals surface area contributed by atoms with Gasteiger partial charge in [-0.15, -0.1) is 0 Å². The van der Waals surface area contributed by atoms with Crippen LogP contribution in [-0.4, -0.2) is 48.0 Å². The minimum absolute atomic E-state index is 0.307. The highest BCUT2D eigenvalue weighted by Crippen LogP contribution is 2.18. The van der Waals surface area contributed by atoms with Crippen LogP contribution in [0.4, 0.5) is 0 Å². The van der Waals surface area contributed by atoms with Gasteiger partial charge in [-0.25, -0.2) is 0 Å². The molecule has 1 amide bonds. The van der Waals surface area contributed by atoms with Crippen molar-refractivity contribution in [3.8, 4) is 5.75 Å². The summed E-state index contributed by atoms with van der Waals surface area (Å²) in [5.41, 5.74) is 1.18. The largest absolute Gasteiger partial charge is 0.494 e. The molecule has 1 unspecified atom stereocenters. The van der Waals surface area contributed by atoms with E-state index in [1.165, 1.54) is 44.2 Å². The van der Waals surface area contributed by atoms with Gasteiger partial charge < -0.3 is 14.5 Å². The van der Waals surface area contributed by atoms with Crippen LogP contribution in [0, 0.1) is 0 Å². The number of hydrogen-bond donors (Lipinski definition) is 0. The lowest BCUT2D eigenvalue weighted by Crippen LogP contribution is -2.40. The van der Waals surface area contributed by atoms with Gasteiger partial charge in [0, 0.05) is 32.1 Å². The zero-order chi connectivity index (χ0) is 20.9. The summed E-state index contributed by atoms with van der Waals surface area (Å²) in [6.07, 6.45) is 10.3. The van der Waals surface area contributed by atoms with Crippen LogP contribution < -0.4 is 4.74 Å². The van der Waals surface area contributed by atoms with Gasteiger partial charge in [-0.3, -0.25) is 4.79 Å². The van der Waals surface area contributed by atoms with Crippen LogP contribution in [0.1, 0.15) is 84.1 Å². The lowest BCUT2D eigenvalue weighted by molar-refractivity contribution is -0.132. The van der Waals surface area contributed by atoms with Crippen molar-refractivity contribution in [2.75, 3.05) is 26.2 Å². The number of carbonyl (C=O) groups excluding carboxylic acids is 1. The molecule has 1 aromatic carbocycles. The highest BCUT2D eigenvalue weighted by atomic mass is 16.5. The van der Waals surface area contributed by atoms with Gasteiger partial charge in [-0.2, -0.15) is 0 Å². The van der Waals surface area contributed by atoms with Gasteiger partial charge in [-0.1, -0.05) is 44.7 Å². The fourth-order valence-corrected chi connectivity index (χ4v) is 4.19. The number of ether oxygens (including phenoxy) is 1. The van der Waals surface area contributed by atoms with Crippen molar-refractivity contribution in [1.29, 1.82) is 0 Å². The molecular formula is C25H42N2O2. The summed E-state index contributed by atoms with van der Waals surface area (Å²) in [6.45, 7) is 11.1. The normalized spacial score (nSPS) is 17.3. The van der Waals surface area contributed by atoms with Crippen molar-refractivity contribution in [3.63, 3.8) is 0 Å². The van der Waals surface area contributed by atoms with Gasteiger partial charge in [0.05, 0.1) is 6.61 Å². The Labute approximate surface area is 178 Å². The molecule has 29 heavy (non-hydrogen) atoms. The molecule has 0 radical (unpaired) electrons. The minimum atomic E-state index is 0.307. The Hall–Kier alpha value is -1.55. The Bertz CT molecular complexity index is 573. The third kappa shape index (κ3) is 8.77. The zero-order valence-corrected chi connectivity index (χ0v) is 19.0. The van der Waals surface area contributed by atoms with Crippen LogP contribution in [0.5, 0.6) is 5.75 Å². The van der Waals surface area contributed by atoms with Gasteiger partial charge in [0.15, 0.2) is 0 Å². The Balaban J connectivity index is 1.89. The number of hydrogen-bond acceptors (Lipinski definition) is 3. The first-order valence-electron chi connectivity index (χ1n) is 11.9. The standard InChI is InChI=1S/C25H42N2O2/c1-4-6-7-8-13-25(28)27(20-11-19-26-18-10-9-12-22(26)3)21-23-14-16-24(17-15-23)29-5-2/h14-17,22H,4-13,18-21H2,1-3H3. The molecule has 1 fully saturated rings. The average Bonchev–Trinajstić information content (AvgIpc) is 2.73. The van der Waals surface area contributed by atoms with Crippen molar-refractivity contribution in [2.45, 2.75) is 91.1 Å². The topological polar surface area (TPSA) is 32.8 Å². The number of carbonyl (C=O) groups is 1. The summed E-state index contributed by atoms with van der Waals surface area (Å²) in [7, 11) is 0. The van der Waals surface area contributed by atoms with Gasteiger partial charge >= 0.3 is 0 Å². The predicted molar refractivity (Wildman–Crippen MR) is 121 cm³/mol. The average molecular weight is 403 g/mol. The second kappa shape index (κ2) is 13.6. The van der Waals surface area contributed by atoms with Gasteiger partial charge in [-0.05, 0) is 63.8 Å². The first-order valence-corrected chi connectivity index (χ1v) is 11.9. The fraction of sp³-hybridized carbons (Fsp3) is 0.720. The molecule has 0 bridgehead atoms. The Morgan fingerprint density at radius 3 is 2.59 bits per heavy atom. The van der Waals surface area contributed by atoms with E-state index < -0.39 is 0 Å². The van der Waals surface area contributed by atoms with E-state index in [2.05, 4.69) is 35.8 Å². The smallest absolute Gasteiger partial charge is 0.222 e. The van der Waals surface area contributed by atoms with Crippen LogP contribution in [0.15, 0.2) is 24.3 Å². The maximum absolute atomic E-state index is 12.9. The Kier molecular flexibility index (Phi) is 11.2. The quantitative estimate of drug-likeness (QED) is 0.400. The second-order valence-electron chi connectivity index (χ2n) is 8.44. The molecule has 0 N–H and O–H groups in total. The molecule has 1 saturated heterocycles. The van der Waals surface area contributed by atoms with E-state index in [0.29, 0.717) is 31.5 Å². The molecule has 1 aliphatic rings. The zero-order valence-electron chi connectivity index (χ0n) is 19.0. The number of piperidine rings is 1. The van der Waals surface area contributed by atoms with E-state index in [4.69, 9.17) is 4.74 Å². The lowest BCUT2D eigenvalue weighted by Gasteiger charge is -2.34. The van der Waals surface area contributed by atoms with E-state index in [0.717, 1.165) is 38.1 Å². The van der Waals surface area contributed by atoms with Gasteiger partial charge in [0.2, 0.25) is 5.91 Å². The molecule has 4 heteroatoms. The second-order valence-corrected chi connectivity index (χ2v) is 8.44. The van der Waals surface area contributed by atoms with E-state index in [-0.39, 0.29) is 0 Å². The van der Waals surface area contributed by atoms with Crippen LogP contribution in [0.25, 0.3) is 0 Å². The number of nitrogens with zero attached hydrogens (tertiary/aromatic N) is 2. The summed E-state index contributed by atoms with van der Waals surface area (Å²) in [4.78, 5) is 17.6. The Morgan fingerprint density at radius 1 is 1.10 bits per heavy atom. The van der Waals surface area contributed by atoms with E-state index in [9.17, 15) is 4.79 Å². The first-order chi connectivity index (χ1) is 14.1. The van der Waals surface area contributed by atoms with Crippen molar-refractivity contribution < 1.29 is 9.53 Å². The number of unbranched alkanes of at least 4 members (excludes halogenated alkanes) is 3. The molecule has 1 atom stereocenters. The first kappa shape index (κ1) is 23.7. The van der Waals surface area contributed by atoms with Crippen molar-refractivity contribution in [3.05, 3.63) is 29.8 Å².